The second-order valence-electron chi connectivity index (χ2n) is 11.8. The first-order valence-corrected chi connectivity index (χ1v) is 14.9. The van der Waals surface area contributed by atoms with E-state index < -0.39 is 11.6 Å². The molecule has 2 atom stereocenters. The molecule has 3 aromatic carbocycles. The average molecular weight is 608 g/mol. The third kappa shape index (κ3) is 5.60. The number of ether oxygens (including phenoxy) is 1. The summed E-state index contributed by atoms with van der Waals surface area (Å²) < 4.78 is 6.19. The number of halogens is 2. The van der Waals surface area contributed by atoms with E-state index in [2.05, 4.69) is 32.2 Å². The molecular formula is C33H36Cl2N4O3. The van der Waals surface area contributed by atoms with Crippen LogP contribution in [0.4, 0.5) is 4.79 Å². The van der Waals surface area contributed by atoms with Crippen LogP contribution in [-0.2, 0) is 15.7 Å². The number of aliphatic imine (C=N–C) groups is 1. The van der Waals surface area contributed by atoms with Gasteiger partial charge in [-0.3, -0.25) is 14.7 Å². The van der Waals surface area contributed by atoms with Gasteiger partial charge in [-0.2, -0.15) is 0 Å². The lowest BCUT2D eigenvalue weighted by Crippen LogP contribution is -2.59. The lowest BCUT2D eigenvalue weighted by atomic mass is 9.80. The Morgan fingerprint density at radius 3 is 2.29 bits per heavy atom. The van der Waals surface area contributed by atoms with Crippen molar-refractivity contribution in [3.05, 3.63) is 99.0 Å². The fraction of sp³-hybridized carbons (Fsp3) is 0.364. The summed E-state index contributed by atoms with van der Waals surface area (Å²) in [6.07, 6.45) is 0. The maximum absolute atomic E-state index is 14.6. The molecule has 1 fully saturated rings. The van der Waals surface area contributed by atoms with Crippen molar-refractivity contribution >= 4 is 41.0 Å². The summed E-state index contributed by atoms with van der Waals surface area (Å²) in [6.45, 7) is 11.6. The summed E-state index contributed by atoms with van der Waals surface area (Å²) in [7, 11) is 0. The Morgan fingerprint density at radius 1 is 1.05 bits per heavy atom. The zero-order chi connectivity index (χ0) is 30.2. The van der Waals surface area contributed by atoms with Crippen LogP contribution in [0.3, 0.4) is 0 Å². The number of carbonyl (C=O) groups excluding carboxylic acids is 2. The molecule has 7 nitrogen and oxygen atoms in total. The number of amides is 3. The van der Waals surface area contributed by atoms with Crippen LogP contribution in [0.2, 0.25) is 10.0 Å². The number of carbonyl (C=O) groups is 2. The number of hydrogen-bond donors (Lipinski definition) is 1. The lowest BCUT2D eigenvalue weighted by molar-refractivity contribution is -0.123. The van der Waals surface area contributed by atoms with Gasteiger partial charge in [0.15, 0.2) is 0 Å². The van der Waals surface area contributed by atoms with E-state index in [0.717, 1.165) is 16.7 Å². The fourth-order valence-electron chi connectivity index (χ4n) is 5.64. The summed E-state index contributed by atoms with van der Waals surface area (Å²) in [5, 5.41) is 4.01. The van der Waals surface area contributed by atoms with E-state index in [1.165, 1.54) is 0 Å². The zero-order valence-corrected chi connectivity index (χ0v) is 26.1. The molecular weight excluding hydrogens is 571 g/mol. The predicted octanol–water partition coefficient (Wildman–Crippen LogP) is 6.96. The van der Waals surface area contributed by atoms with Crippen LogP contribution < -0.4 is 10.1 Å². The summed E-state index contributed by atoms with van der Waals surface area (Å²) in [6, 6.07) is 20.3. The lowest BCUT2D eigenvalue weighted by Gasteiger charge is -2.42. The van der Waals surface area contributed by atoms with Crippen LogP contribution in [0.15, 0.2) is 71.7 Å². The maximum atomic E-state index is 14.6. The normalized spacial score (nSPS) is 20.8. The number of hydrogen-bond acceptors (Lipinski definition) is 4. The SMILES string of the molecule is CCOc1cc(C(C)(C)C)ccc1C1=NC(c2ccc(Cl)cc2)[C@](C)(c2ccc(Cl)cc2)N1C(=O)N1CCNC(=O)C1. The molecule has 0 aromatic heterocycles. The summed E-state index contributed by atoms with van der Waals surface area (Å²) in [5.74, 6) is 0.930. The van der Waals surface area contributed by atoms with Gasteiger partial charge in [0, 0.05) is 23.1 Å². The molecule has 42 heavy (non-hydrogen) atoms. The van der Waals surface area contributed by atoms with Gasteiger partial charge in [0.05, 0.1) is 17.7 Å². The Kier molecular flexibility index (Phi) is 8.28. The first-order valence-electron chi connectivity index (χ1n) is 14.2. The molecule has 2 aliphatic heterocycles. The minimum Gasteiger partial charge on any atom is -0.493 e. The number of urea groups is 1. The highest BCUT2D eigenvalue weighted by atomic mass is 35.5. The van der Waals surface area contributed by atoms with Crippen molar-refractivity contribution in [2.24, 2.45) is 4.99 Å². The van der Waals surface area contributed by atoms with Crippen LogP contribution in [0.5, 0.6) is 5.75 Å². The van der Waals surface area contributed by atoms with E-state index >= 15 is 0 Å². The van der Waals surface area contributed by atoms with Gasteiger partial charge in [-0.15, -0.1) is 0 Å². The molecule has 1 N–H and O–H groups in total. The van der Waals surface area contributed by atoms with E-state index in [9.17, 15) is 9.59 Å². The van der Waals surface area contributed by atoms with Gasteiger partial charge in [-0.05, 0) is 72.4 Å². The smallest absolute Gasteiger partial charge is 0.327 e. The monoisotopic (exact) mass is 606 g/mol. The Morgan fingerprint density at radius 2 is 1.69 bits per heavy atom. The minimum absolute atomic E-state index is 0.0355. The van der Waals surface area contributed by atoms with Crippen molar-refractivity contribution in [2.45, 2.75) is 51.6 Å². The molecule has 0 spiro atoms. The van der Waals surface area contributed by atoms with Crippen molar-refractivity contribution in [1.29, 1.82) is 0 Å². The van der Waals surface area contributed by atoms with Crippen LogP contribution in [0.25, 0.3) is 0 Å². The van der Waals surface area contributed by atoms with Gasteiger partial charge in [0.1, 0.15) is 24.2 Å². The third-order valence-electron chi connectivity index (χ3n) is 7.96. The molecule has 0 aliphatic carbocycles. The summed E-state index contributed by atoms with van der Waals surface area (Å²) >= 11 is 12.6. The molecule has 2 heterocycles. The second-order valence-corrected chi connectivity index (χ2v) is 12.7. The molecule has 1 saturated heterocycles. The highest BCUT2D eigenvalue weighted by Crippen LogP contribution is 2.50. The third-order valence-corrected chi connectivity index (χ3v) is 8.47. The van der Waals surface area contributed by atoms with Crippen LogP contribution in [0, 0.1) is 0 Å². The number of piperazine rings is 1. The summed E-state index contributed by atoms with van der Waals surface area (Å²) in [5.41, 5.74) is 2.47. The topological polar surface area (TPSA) is 74.2 Å². The molecule has 3 aromatic rings. The molecule has 5 rings (SSSR count). The summed E-state index contributed by atoms with van der Waals surface area (Å²) in [4.78, 5) is 35.6. The minimum atomic E-state index is -0.981. The van der Waals surface area contributed by atoms with Gasteiger partial charge >= 0.3 is 6.03 Å². The molecule has 1 unspecified atom stereocenters. The van der Waals surface area contributed by atoms with Crippen molar-refractivity contribution in [3.63, 3.8) is 0 Å². The van der Waals surface area contributed by atoms with Crippen molar-refractivity contribution in [3.8, 4) is 5.75 Å². The van der Waals surface area contributed by atoms with Crippen LogP contribution in [0.1, 0.15) is 62.9 Å². The molecule has 0 radical (unpaired) electrons. The number of nitrogens with one attached hydrogen (secondary N) is 1. The van der Waals surface area contributed by atoms with Gasteiger partial charge in [-0.25, -0.2) is 4.79 Å². The molecule has 0 bridgehead atoms. The van der Waals surface area contributed by atoms with Crippen LogP contribution in [-0.4, -0.2) is 53.8 Å². The molecule has 220 valence electrons. The second kappa shape index (κ2) is 11.6. The fourth-order valence-corrected chi connectivity index (χ4v) is 5.89. The molecule has 0 saturated carbocycles. The van der Waals surface area contributed by atoms with Crippen molar-refractivity contribution < 1.29 is 14.3 Å². The highest BCUT2D eigenvalue weighted by Gasteiger charge is 2.53. The van der Waals surface area contributed by atoms with Crippen LogP contribution >= 0.6 is 23.2 Å². The van der Waals surface area contributed by atoms with Gasteiger partial charge in [-0.1, -0.05) is 74.3 Å². The standard InChI is InChI=1S/C33H36Cl2N4O3/c1-6-42-27-19-23(32(2,3)4)11-16-26(27)30-37-29(21-7-12-24(34)13-8-21)33(5,22-9-14-25(35)15-10-22)39(30)31(41)38-18-17-36-28(40)20-38/h7-16,19,29H,6,17-18,20H2,1-5H3,(H,36,40)/t29?,33-/m0/s1. The Hall–Kier alpha value is -3.55. The van der Waals surface area contributed by atoms with Crippen molar-refractivity contribution in [1.82, 2.24) is 15.1 Å². The van der Waals surface area contributed by atoms with E-state index in [0.29, 0.717) is 46.9 Å². The predicted molar refractivity (Wildman–Crippen MR) is 168 cm³/mol. The highest BCUT2D eigenvalue weighted by molar-refractivity contribution is 6.30. The van der Waals surface area contributed by atoms with Gasteiger partial charge in [0.2, 0.25) is 5.91 Å². The number of rotatable bonds is 5. The first-order chi connectivity index (χ1) is 19.9. The van der Waals surface area contributed by atoms with E-state index in [4.69, 9.17) is 32.9 Å². The molecule has 9 heteroatoms. The average Bonchev–Trinajstić information content (AvgIpc) is 3.26. The quantitative estimate of drug-likeness (QED) is 0.341. The maximum Gasteiger partial charge on any atom is 0.327 e. The van der Waals surface area contributed by atoms with Gasteiger partial charge < -0.3 is 15.0 Å². The molecule has 3 amide bonds. The molecule has 2 aliphatic rings. The largest absolute Gasteiger partial charge is 0.493 e. The van der Waals surface area contributed by atoms with Gasteiger partial charge in [0.25, 0.3) is 0 Å². The Balaban J connectivity index is 1.76. The number of amidine groups is 1. The van der Waals surface area contributed by atoms with E-state index in [-0.39, 0.29) is 23.9 Å². The Labute approximate surface area is 257 Å². The first kappa shape index (κ1) is 29.9. The number of nitrogens with zero attached hydrogens (tertiary/aromatic N) is 3. The zero-order valence-electron chi connectivity index (χ0n) is 24.6. The van der Waals surface area contributed by atoms with E-state index in [1.54, 1.807) is 9.80 Å². The van der Waals surface area contributed by atoms with Crippen molar-refractivity contribution in [2.75, 3.05) is 26.2 Å². The Bertz CT molecular complexity index is 1520. The number of benzene rings is 3. The van der Waals surface area contributed by atoms with E-state index in [1.807, 2.05) is 74.5 Å².